The number of halogens is 3. The average molecular weight is 507 g/mol. The Bertz CT molecular complexity index is 725. The van der Waals surface area contributed by atoms with E-state index >= 15 is 0 Å². The van der Waals surface area contributed by atoms with E-state index in [-0.39, 0.29) is 46.5 Å². The maximum absolute atomic E-state index is 13.1. The summed E-state index contributed by atoms with van der Waals surface area (Å²) in [5.74, 6) is 0.516. The second kappa shape index (κ2) is 8.98. The first-order valence-corrected chi connectivity index (χ1v) is 13.5. The maximum atomic E-state index is 13.1. The van der Waals surface area contributed by atoms with Gasteiger partial charge in [0.2, 0.25) is 5.91 Å². The summed E-state index contributed by atoms with van der Waals surface area (Å²) in [5, 5.41) is 3.39. The summed E-state index contributed by atoms with van der Waals surface area (Å²) >= 11 is 18.6. The van der Waals surface area contributed by atoms with Gasteiger partial charge in [0, 0.05) is 30.6 Å². The molecule has 3 atom stereocenters. The zero-order valence-electron chi connectivity index (χ0n) is 18.5. The lowest BCUT2D eigenvalue weighted by Gasteiger charge is -2.72. The molecule has 1 saturated heterocycles. The van der Waals surface area contributed by atoms with Gasteiger partial charge in [-0.25, -0.2) is 4.79 Å². The van der Waals surface area contributed by atoms with Crippen molar-refractivity contribution in [1.29, 1.82) is 0 Å². The van der Waals surface area contributed by atoms with E-state index in [1.807, 2.05) is 4.90 Å². The van der Waals surface area contributed by atoms with Crippen molar-refractivity contribution in [3.63, 3.8) is 0 Å². The first kappa shape index (κ1) is 23.3. The molecule has 2 bridgehead atoms. The number of urea groups is 1. The van der Waals surface area contributed by atoms with Crippen LogP contribution in [0.1, 0.15) is 64.2 Å². The largest absolute Gasteiger partial charge is 0.368 e. The van der Waals surface area contributed by atoms with Crippen molar-refractivity contribution in [1.82, 2.24) is 15.1 Å². The SMILES string of the molecule is O=C(COC1CCC(Cl)C(Cl)C1)NC12CC(N3CCN(CC4CCC(Cl)CC4)C3=O)(C1)C2. The fraction of sp³-hybridized carbons (Fsp3) is 0.913. The van der Waals surface area contributed by atoms with E-state index in [1.165, 1.54) is 0 Å². The normalized spacial score (nSPS) is 43.6. The molecule has 3 amide bonds. The molecule has 0 radical (unpaired) electrons. The van der Waals surface area contributed by atoms with Crippen LogP contribution in [0.25, 0.3) is 0 Å². The molecule has 0 spiro atoms. The number of carbonyl (C=O) groups excluding carboxylic acids is 2. The van der Waals surface area contributed by atoms with Crippen molar-refractivity contribution in [2.24, 2.45) is 5.92 Å². The highest BCUT2D eigenvalue weighted by atomic mass is 35.5. The minimum atomic E-state index is -0.143. The molecular formula is C23H34Cl3N3O3. The van der Waals surface area contributed by atoms with E-state index in [4.69, 9.17) is 39.5 Å². The van der Waals surface area contributed by atoms with Crippen molar-refractivity contribution in [3.8, 4) is 0 Å². The topological polar surface area (TPSA) is 61.9 Å². The molecule has 1 heterocycles. The van der Waals surface area contributed by atoms with E-state index in [9.17, 15) is 9.59 Å². The summed E-state index contributed by atoms with van der Waals surface area (Å²) < 4.78 is 5.80. The highest BCUT2D eigenvalue weighted by Gasteiger charge is 2.72. The minimum Gasteiger partial charge on any atom is -0.368 e. The lowest BCUT2D eigenvalue weighted by Crippen LogP contribution is -2.84. The fourth-order valence-electron chi connectivity index (χ4n) is 6.68. The number of nitrogens with zero attached hydrogens (tertiary/aromatic N) is 2. The van der Waals surface area contributed by atoms with Crippen LogP contribution < -0.4 is 5.32 Å². The highest BCUT2D eigenvalue weighted by molar-refractivity contribution is 6.30. The zero-order chi connectivity index (χ0) is 22.5. The number of nitrogens with one attached hydrogen (secondary N) is 1. The molecule has 3 unspecified atom stereocenters. The third-order valence-corrected chi connectivity index (χ3v) is 9.99. The Kier molecular flexibility index (Phi) is 6.54. The van der Waals surface area contributed by atoms with Crippen LogP contribution in [0.5, 0.6) is 0 Å². The Balaban J connectivity index is 1.04. The van der Waals surface area contributed by atoms with Gasteiger partial charge in [0.25, 0.3) is 0 Å². The number of hydrogen-bond acceptors (Lipinski definition) is 3. The fourth-order valence-corrected chi connectivity index (χ4v) is 7.49. The van der Waals surface area contributed by atoms with Gasteiger partial charge >= 0.3 is 6.03 Å². The molecular weight excluding hydrogens is 473 g/mol. The summed E-state index contributed by atoms with van der Waals surface area (Å²) in [5.41, 5.74) is -0.186. The molecule has 1 aliphatic heterocycles. The van der Waals surface area contributed by atoms with Crippen LogP contribution in [0, 0.1) is 5.92 Å². The van der Waals surface area contributed by atoms with Crippen LogP contribution in [0.2, 0.25) is 0 Å². The molecule has 9 heteroatoms. The van der Waals surface area contributed by atoms with Crippen molar-refractivity contribution >= 4 is 46.7 Å². The number of alkyl halides is 3. The van der Waals surface area contributed by atoms with Gasteiger partial charge in [-0.15, -0.1) is 34.8 Å². The predicted octanol–water partition coefficient (Wildman–Crippen LogP) is 4.10. The lowest BCUT2D eigenvalue weighted by molar-refractivity contribution is -0.168. The summed E-state index contributed by atoms with van der Waals surface area (Å²) in [6, 6.07) is 0.187. The smallest absolute Gasteiger partial charge is 0.320 e. The first-order valence-electron chi connectivity index (χ1n) is 12.2. The molecule has 6 nitrogen and oxygen atoms in total. The molecule has 0 aromatic heterocycles. The Morgan fingerprint density at radius 1 is 1.00 bits per heavy atom. The summed E-state index contributed by atoms with van der Waals surface area (Å²) in [4.78, 5) is 29.6. The Morgan fingerprint density at radius 3 is 2.41 bits per heavy atom. The molecule has 0 aromatic carbocycles. The number of hydrogen-bond donors (Lipinski definition) is 1. The van der Waals surface area contributed by atoms with Crippen molar-refractivity contribution in [2.75, 3.05) is 26.2 Å². The second-order valence-electron chi connectivity index (χ2n) is 10.9. The van der Waals surface area contributed by atoms with Gasteiger partial charge in [0.1, 0.15) is 6.61 Å². The van der Waals surface area contributed by atoms with Crippen molar-refractivity contribution in [3.05, 3.63) is 0 Å². The van der Waals surface area contributed by atoms with Crippen molar-refractivity contribution in [2.45, 2.75) is 97.5 Å². The third kappa shape index (κ3) is 4.46. The van der Waals surface area contributed by atoms with Gasteiger partial charge < -0.3 is 19.9 Å². The quantitative estimate of drug-likeness (QED) is 0.529. The molecule has 6 aliphatic rings. The van der Waals surface area contributed by atoms with Crippen LogP contribution in [0.4, 0.5) is 4.79 Å². The minimum absolute atomic E-state index is 0.00492. The van der Waals surface area contributed by atoms with Gasteiger partial charge in [-0.1, -0.05) is 0 Å². The second-order valence-corrected chi connectivity index (χ2v) is 12.6. The summed E-state index contributed by atoms with van der Waals surface area (Å²) in [6.07, 6.45) is 9.34. The number of ether oxygens (including phenoxy) is 1. The molecule has 0 aromatic rings. The molecule has 1 N–H and O–H groups in total. The monoisotopic (exact) mass is 505 g/mol. The van der Waals surface area contributed by atoms with E-state index in [1.54, 1.807) is 0 Å². The van der Waals surface area contributed by atoms with Crippen LogP contribution in [0.3, 0.4) is 0 Å². The van der Waals surface area contributed by atoms with Gasteiger partial charge in [-0.3, -0.25) is 4.79 Å². The number of carbonyl (C=O) groups is 2. The zero-order valence-corrected chi connectivity index (χ0v) is 20.8. The van der Waals surface area contributed by atoms with E-state index in [0.717, 1.165) is 77.4 Å². The molecule has 180 valence electrons. The molecule has 6 rings (SSSR count). The number of rotatable bonds is 7. The van der Waals surface area contributed by atoms with Gasteiger partial charge in [0.15, 0.2) is 0 Å². The van der Waals surface area contributed by atoms with Crippen LogP contribution in [-0.2, 0) is 9.53 Å². The summed E-state index contributed by atoms with van der Waals surface area (Å²) in [6.45, 7) is 2.56. The summed E-state index contributed by atoms with van der Waals surface area (Å²) in [7, 11) is 0. The Hall–Kier alpha value is -0.430. The molecule has 5 saturated carbocycles. The van der Waals surface area contributed by atoms with Gasteiger partial charge in [-0.05, 0) is 70.1 Å². The van der Waals surface area contributed by atoms with Gasteiger partial charge in [-0.2, -0.15) is 0 Å². The van der Waals surface area contributed by atoms with Crippen LogP contribution in [0.15, 0.2) is 0 Å². The van der Waals surface area contributed by atoms with E-state index in [2.05, 4.69) is 10.2 Å². The van der Waals surface area contributed by atoms with Crippen LogP contribution in [-0.4, -0.2) is 81.3 Å². The predicted molar refractivity (Wildman–Crippen MR) is 126 cm³/mol. The third-order valence-electron chi connectivity index (χ3n) is 8.42. The van der Waals surface area contributed by atoms with E-state index in [0.29, 0.717) is 17.7 Å². The van der Waals surface area contributed by atoms with Crippen LogP contribution >= 0.6 is 34.8 Å². The lowest BCUT2D eigenvalue weighted by atomic mass is 9.43. The Labute approximate surface area is 205 Å². The first-order chi connectivity index (χ1) is 15.3. The number of amides is 3. The average Bonchev–Trinajstić information content (AvgIpc) is 3.06. The highest BCUT2D eigenvalue weighted by Crippen LogP contribution is 2.64. The Morgan fingerprint density at radius 2 is 1.72 bits per heavy atom. The molecule has 6 fully saturated rings. The maximum Gasteiger partial charge on any atom is 0.320 e. The standard InChI is InChI=1S/C23H34Cl3N3O3/c24-16-3-1-15(2-4-16)10-28-7-8-29(21(28)31)23-12-22(13-23,14-23)27-20(30)11-32-17-5-6-18(25)19(26)9-17/h15-19H,1-14H2,(H,27,30). The molecule has 32 heavy (non-hydrogen) atoms. The van der Waals surface area contributed by atoms with E-state index < -0.39 is 0 Å². The molecule has 5 aliphatic carbocycles. The van der Waals surface area contributed by atoms with Crippen molar-refractivity contribution < 1.29 is 14.3 Å². The van der Waals surface area contributed by atoms with Gasteiger partial charge in [0.05, 0.1) is 22.4 Å².